The van der Waals surface area contributed by atoms with Crippen molar-refractivity contribution >= 4 is 39.8 Å². The van der Waals surface area contributed by atoms with Gasteiger partial charge in [0.2, 0.25) is 0 Å². The van der Waals surface area contributed by atoms with Gasteiger partial charge in [0.05, 0.1) is 28.9 Å². The van der Waals surface area contributed by atoms with Crippen molar-refractivity contribution in [3.05, 3.63) is 51.9 Å². The second kappa shape index (κ2) is 9.06. The average molecular weight is 482 g/mol. The third kappa shape index (κ3) is 3.92. The van der Waals surface area contributed by atoms with E-state index in [4.69, 9.17) is 10.5 Å². The van der Waals surface area contributed by atoms with Crippen molar-refractivity contribution in [2.24, 2.45) is 5.73 Å². The van der Waals surface area contributed by atoms with Gasteiger partial charge in [-0.1, -0.05) is 0 Å². The number of nitrogens with one attached hydrogen (secondary N) is 1. The first-order valence-corrected chi connectivity index (χ1v) is 11.4. The minimum absolute atomic E-state index is 0.0852. The van der Waals surface area contributed by atoms with Crippen molar-refractivity contribution in [2.75, 3.05) is 11.9 Å². The highest BCUT2D eigenvalue weighted by atomic mass is 32.1. The second-order valence-corrected chi connectivity index (χ2v) is 8.41. The number of ether oxygens (including phenoxy) is 1. The van der Waals surface area contributed by atoms with Crippen LogP contribution in [0.5, 0.6) is 0 Å². The molecule has 0 saturated heterocycles. The van der Waals surface area contributed by atoms with Gasteiger partial charge >= 0.3 is 5.97 Å². The van der Waals surface area contributed by atoms with E-state index in [-0.39, 0.29) is 27.7 Å². The lowest BCUT2D eigenvalue weighted by Gasteiger charge is -2.06. The summed E-state index contributed by atoms with van der Waals surface area (Å²) in [6.07, 6.45) is 3.39. The number of fused-ring (bicyclic) bond motifs is 1. The van der Waals surface area contributed by atoms with Crippen molar-refractivity contribution in [3.8, 4) is 11.3 Å². The highest BCUT2D eigenvalue weighted by Gasteiger charge is 2.27. The van der Waals surface area contributed by atoms with Gasteiger partial charge in [-0.25, -0.2) is 14.3 Å². The van der Waals surface area contributed by atoms with Gasteiger partial charge in [-0.2, -0.15) is 10.2 Å². The fraction of sp³-hybridized carbons (Fsp3) is 0.273. The number of carbonyl (C=O) groups is 3. The van der Waals surface area contributed by atoms with Crippen LogP contribution >= 0.6 is 11.3 Å². The van der Waals surface area contributed by atoms with Crippen LogP contribution < -0.4 is 11.1 Å². The number of esters is 1. The number of anilines is 1. The number of nitrogens with zero attached hydrogens (tertiary/aromatic N) is 5. The van der Waals surface area contributed by atoms with Gasteiger partial charge in [-0.15, -0.1) is 11.3 Å². The molecule has 0 aliphatic heterocycles. The summed E-state index contributed by atoms with van der Waals surface area (Å²) >= 11 is 0.917. The molecule has 0 radical (unpaired) electrons. The Kier molecular flexibility index (Phi) is 6.16. The predicted octanol–water partition coefficient (Wildman–Crippen LogP) is 2.82. The number of carbonyl (C=O) groups excluding carboxylic acids is 3. The van der Waals surface area contributed by atoms with Gasteiger partial charge in [0.1, 0.15) is 5.00 Å². The number of rotatable bonds is 7. The molecular weight excluding hydrogens is 458 g/mol. The van der Waals surface area contributed by atoms with Crippen LogP contribution in [-0.2, 0) is 11.3 Å². The van der Waals surface area contributed by atoms with E-state index in [1.54, 1.807) is 36.8 Å². The second-order valence-electron chi connectivity index (χ2n) is 7.39. The Labute approximate surface area is 198 Å². The molecule has 0 atom stereocenters. The minimum atomic E-state index is -0.696. The maximum absolute atomic E-state index is 13.1. The number of aryl methyl sites for hydroxylation is 1. The molecule has 0 aliphatic carbocycles. The first-order valence-electron chi connectivity index (χ1n) is 10.6. The molecule has 4 aromatic heterocycles. The zero-order valence-corrected chi connectivity index (χ0v) is 19.9. The van der Waals surface area contributed by atoms with Crippen LogP contribution in [0.1, 0.15) is 55.6 Å². The Morgan fingerprint density at radius 2 is 2.00 bits per heavy atom. The smallest absolute Gasteiger partial charge is 0.341 e. The van der Waals surface area contributed by atoms with Crippen molar-refractivity contribution in [1.29, 1.82) is 0 Å². The van der Waals surface area contributed by atoms with E-state index >= 15 is 0 Å². The molecule has 4 rings (SSSR count). The quantitative estimate of drug-likeness (QED) is 0.386. The molecule has 34 heavy (non-hydrogen) atoms. The van der Waals surface area contributed by atoms with Gasteiger partial charge in [-0.3, -0.25) is 14.3 Å². The standard InChI is InChI=1S/C22H23N7O4S/c1-5-28-12(4)13(10-25-28)15-7-8-24-16-9-14(27-29(15)16)20(31)26-21-17(22(32)33-6-2)11(3)18(34-21)19(23)30/h7-10H,5-6H2,1-4H3,(H2,23,30)(H,26,31). The Hall–Kier alpha value is -4.06. The fourth-order valence-corrected chi connectivity index (χ4v) is 4.72. The molecule has 2 amide bonds. The third-order valence-corrected chi connectivity index (χ3v) is 6.57. The van der Waals surface area contributed by atoms with E-state index in [0.29, 0.717) is 11.2 Å². The Balaban J connectivity index is 1.72. The molecule has 3 N–H and O–H groups in total. The number of aromatic nitrogens is 5. The zero-order valence-electron chi connectivity index (χ0n) is 19.1. The number of hydrogen-bond acceptors (Lipinski definition) is 8. The van der Waals surface area contributed by atoms with E-state index in [1.165, 1.54) is 6.07 Å². The van der Waals surface area contributed by atoms with Gasteiger partial charge in [0, 0.05) is 30.1 Å². The summed E-state index contributed by atoms with van der Waals surface area (Å²) < 4.78 is 8.53. The summed E-state index contributed by atoms with van der Waals surface area (Å²) in [5, 5.41) is 11.7. The van der Waals surface area contributed by atoms with Crippen LogP contribution in [0.2, 0.25) is 0 Å². The number of amides is 2. The summed E-state index contributed by atoms with van der Waals surface area (Å²) in [6, 6.07) is 3.34. The number of hydrogen-bond donors (Lipinski definition) is 2. The summed E-state index contributed by atoms with van der Waals surface area (Å²) in [5.74, 6) is -1.92. The van der Waals surface area contributed by atoms with Crippen LogP contribution in [0, 0.1) is 13.8 Å². The molecule has 0 aromatic carbocycles. The molecule has 176 valence electrons. The number of nitrogens with two attached hydrogens (primary N) is 1. The first kappa shape index (κ1) is 23.1. The van der Waals surface area contributed by atoms with Crippen LogP contribution in [0.25, 0.3) is 16.9 Å². The molecule has 4 heterocycles. The van der Waals surface area contributed by atoms with Crippen molar-refractivity contribution in [3.63, 3.8) is 0 Å². The lowest BCUT2D eigenvalue weighted by Crippen LogP contribution is -2.15. The van der Waals surface area contributed by atoms with Crippen LogP contribution in [-0.4, -0.2) is 48.8 Å². The predicted molar refractivity (Wildman–Crippen MR) is 126 cm³/mol. The number of primary amides is 1. The van der Waals surface area contributed by atoms with E-state index in [2.05, 4.69) is 20.5 Å². The van der Waals surface area contributed by atoms with Crippen molar-refractivity contribution in [2.45, 2.75) is 34.2 Å². The van der Waals surface area contributed by atoms with E-state index in [1.807, 2.05) is 18.5 Å². The van der Waals surface area contributed by atoms with E-state index < -0.39 is 17.8 Å². The van der Waals surface area contributed by atoms with E-state index in [9.17, 15) is 14.4 Å². The lowest BCUT2D eigenvalue weighted by atomic mass is 10.1. The largest absolute Gasteiger partial charge is 0.462 e. The van der Waals surface area contributed by atoms with Crippen molar-refractivity contribution in [1.82, 2.24) is 24.4 Å². The first-order chi connectivity index (χ1) is 16.3. The molecule has 4 aromatic rings. The summed E-state index contributed by atoms with van der Waals surface area (Å²) in [5.41, 5.74) is 9.01. The molecule has 11 nitrogen and oxygen atoms in total. The Morgan fingerprint density at radius 1 is 1.24 bits per heavy atom. The lowest BCUT2D eigenvalue weighted by molar-refractivity contribution is 0.0527. The monoisotopic (exact) mass is 481 g/mol. The normalized spacial score (nSPS) is 11.1. The Bertz CT molecular complexity index is 1430. The Morgan fingerprint density at radius 3 is 2.65 bits per heavy atom. The molecule has 0 saturated carbocycles. The molecule has 0 bridgehead atoms. The molecular formula is C22H23N7O4S. The number of thiophene rings is 1. The third-order valence-electron chi connectivity index (χ3n) is 5.35. The molecule has 0 fully saturated rings. The highest BCUT2D eigenvalue weighted by molar-refractivity contribution is 7.18. The molecule has 12 heteroatoms. The van der Waals surface area contributed by atoms with Gasteiger partial charge in [0.15, 0.2) is 11.3 Å². The van der Waals surface area contributed by atoms with Crippen molar-refractivity contribution < 1.29 is 19.1 Å². The highest BCUT2D eigenvalue weighted by Crippen LogP contribution is 2.34. The van der Waals surface area contributed by atoms with Crippen LogP contribution in [0.4, 0.5) is 5.00 Å². The molecule has 0 aliphatic rings. The SMILES string of the molecule is CCOC(=O)c1c(NC(=O)c2cc3nccc(-c4cnn(CC)c4C)n3n2)sc(C(N)=O)c1C. The van der Waals surface area contributed by atoms with Gasteiger partial charge < -0.3 is 15.8 Å². The molecule has 0 unspecified atom stereocenters. The van der Waals surface area contributed by atoms with Gasteiger partial charge in [-0.05, 0) is 39.3 Å². The molecule has 0 spiro atoms. The van der Waals surface area contributed by atoms with Crippen LogP contribution in [0.15, 0.2) is 24.5 Å². The summed E-state index contributed by atoms with van der Waals surface area (Å²) in [7, 11) is 0. The van der Waals surface area contributed by atoms with Gasteiger partial charge in [0.25, 0.3) is 11.8 Å². The zero-order chi connectivity index (χ0) is 24.6. The average Bonchev–Trinajstić information content (AvgIpc) is 3.48. The maximum Gasteiger partial charge on any atom is 0.341 e. The minimum Gasteiger partial charge on any atom is -0.462 e. The van der Waals surface area contributed by atoms with E-state index in [0.717, 1.165) is 34.8 Å². The summed E-state index contributed by atoms with van der Waals surface area (Å²) in [4.78, 5) is 41.8. The maximum atomic E-state index is 13.1. The topological polar surface area (TPSA) is 146 Å². The fourth-order valence-electron chi connectivity index (χ4n) is 3.68. The summed E-state index contributed by atoms with van der Waals surface area (Å²) in [6.45, 7) is 8.08. The van der Waals surface area contributed by atoms with Crippen LogP contribution in [0.3, 0.4) is 0 Å².